The van der Waals surface area contributed by atoms with Crippen LogP contribution in [0, 0.1) is 24.2 Å². The topological polar surface area (TPSA) is 95.3 Å². The van der Waals surface area contributed by atoms with E-state index in [2.05, 4.69) is 20.7 Å². The Balaban J connectivity index is 1.56. The first-order valence-corrected chi connectivity index (χ1v) is 11.8. The summed E-state index contributed by atoms with van der Waals surface area (Å²) in [6, 6.07) is 10.7. The molecule has 1 aromatic carbocycles. The van der Waals surface area contributed by atoms with Crippen molar-refractivity contribution in [2.45, 2.75) is 38.0 Å². The molecule has 8 heteroatoms. The highest BCUT2D eigenvalue weighted by molar-refractivity contribution is 7.89. The van der Waals surface area contributed by atoms with Gasteiger partial charge in [0.1, 0.15) is 17.6 Å². The largest absolute Gasteiger partial charge is 0.493 e. The van der Waals surface area contributed by atoms with E-state index in [-0.39, 0.29) is 10.8 Å². The second kappa shape index (κ2) is 9.92. The van der Waals surface area contributed by atoms with Crippen molar-refractivity contribution < 1.29 is 13.2 Å². The molecule has 1 N–H and O–H groups in total. The summed E-state index contributed by atoms with van der Waals surface area (Å²) in [7, 11) is -3.57. The van der Waals surface area contributed by atoms with Crippen molar-refractivity contribution in [1.82, 2.24) is 9.71 Å². The molecule has 160 valence electrons. The maximum atomic E-state index is 12.7. The SMILES string of the molecule is CCCOc1ccc(S(=O)(=O)NCC2CCN(c3ncccc3C#N)CC2)cc1C. The van der Waals surface area contributed by atoms with Crippen LogP contribution >= 0.6 is 0 Å². The van der Waals surface area contributed by atoms with Gasteiger partial charge in [-0.15, -0.1) is 0 Å². The Morgan fingerprint density at radius 2 is 2.07 bits per heavy atom. The Labute approximate surface area is 178 Å². The fraction of sp³-hybridized carbons (Fsp3) is 0.455. The number of rotatable bonds is 8. The molecule has 1 aliphatic heterocycles. The van der Waals surface area contributed by atoms with Gasteiger partial charge in [0, 0.05) is 25.8 Å². The van der Waals surface area contributed by atoms with Crippen LogP contribution < -0.4 is 14.4 Å². The molecule has 1 aromatic heterocycles. The minimum atomic E-state index is -3.57. The standard InChI is InChI=1S/C22H28N4O3S/c1-3-13-29-21-7-6-20(14-17(21)2)30(27,28)25-16-18-8-11-26(12-9-18)22-19(15-23)5-4-10-24-22/h4-7,10,14,18,25H,3,8-9,11-13,16H2,1-2H3. The minimum absolute atomic E-state index is 0.249. The molecular weight excluding hydrogens is 400 g/mol. The summed E-state index contributed by atoms with van der Waals surface area (Å²) in [5.74, 6) is 1.67. The van der Waals surface area contributed by atoms with Gasteiger partial charge in [-0.05, 0) is 68.0 Å². The summed E-state index contributed by atoms with van der Waals surface area (Å²) in [6.45, 7) is 6.39. The van der Waals surface area contributed by atoms with E-state index in [9.17, 15) is 13.7 Å². The number of ether oxygens (including phenoxy) is 1. The molecule has 0 spiro atoms. The van der Waals surface area contributed by atoms with E-state index >= 15 is 0 Å². The van der Waals surface area contributed by atoms with E-state index in [1.807, 2.05) is 13.8 Å². The number of aryl methyl sites for hydroxylation is 1. The maximum absolute atomic E-state index is 12.7. The molecule has 0 unspecified atom stereocenters. The van der Waals surface area contributed by atoms with Gasteiger partial charge in [-0.3, -0.25) is 0 Å². The zero-order valence-electron chi connectivity index (χ0n) is 17.5. The number of benzene rings is 1. The molecule has 0 saturated carbocycles. The van der Waals surface area contributed by atoms with Gasteiger partial charge in [0.15, 0.2) is 0 Å². The first-order valence-electron chi connectivity index (χ1n) is 10.3. The van der Waals surface area contributed by atoms with Gasteiger partial charge in [-0.25, -0.2) is 18.1 Å². The van der Waals surface area contributed by atoms with Crippen molar-refractivity contribution in [2.24, 2.45) is 5.92 Å². The highest BCUT2D eigenvalue weighted by Crippen LogP contribution is 2.25. The van der Waals surface area contributed by atoms with Crippen molar-refractivity contribution in [3.8, 4) is 11.8 Å². The third-order valence-corrected chi connectivity index (χ3v) is 6.72. The van der Waals surface area contributed by atoms with Gasteiger partial charge in [-0.1, -0.05) is 6.92 Å². The van der Waals surface area contributed by atoms with Gasteiger partial charge in [0.25, 0.3) is 0 Å². The lowest BCUT2D eigenvalue weighted by atomic mass is 9.97. The van der Waals surface area contributed by atoms with Crippen LogP contribution in [0.3, 0.4) is 0 Å². The number of hydrogen-bond donors (Lipinski definition) is 1. The van der Waals surface area contributed by atoms with Crippen LogP contribution in [0.2, 0.25) is 0 Å². The molecule has 1 saturated heterocycles. The Morgan fingerprint density at radius 1 is 1.30 bits per heavy atom. The van der Waals surface area contributed by atoms with Crippen LogP contribution in [0.5, 0.6) is 5.75 Å². The molecular formula is C22H28N4O3S. The molecule has 0 amide bonds. The Hall–Kier alpha value is -2.63. The zero-order valence-corrected chi connectivity index (χ0v) is 18.3. The fourth-order valence-corrected chi connectivity index (χ4v) is 4.76. The van der Waals surface area contributed by atoms with E-state index in [1.165, 1.54) is 0 Å². The number of nitrogens with zero attached hydrogens (tertiary/aromatic N) is 3. The van der Waals surface area contributed by atoms with Gasteiger partial charge in [-0.2, -0.15) is 5.26 Å². The average Bonchev–Trinajstić information content (AvgIpc) is 2.77. The van der Waals surface area contributed by atoms with Crippen LogP contribution in [0.1, 0.15) is 37.3 Å². The average molecular weight is 429 g/mol. The second-order valence-electron chi connectivity index (χ2n) is 7.54. The molecule has 30 heavy (non-hydrogen) atoms. The molecule has 2 aromatic rings. The summed E-state index contributed by atoms with van der Waals surface area (Å²) >= 11 is 0. The number of aromatic nitrogens is 1. The summed E-state index contributed by atoms with van der Waals surface area (Å²) < 4.78 is 33.8. The van der Waals surface area contributed by atoms with Gasteiger partial charge < -0.3 is 9.64 Å². The Bertz CT molecular complexity index is 1010. The first kappa shape index (κ1) is 22.1. The lowest BCUT2D eigenvalue weighted by molar-refractivity contribution is 0.315. The van der Waals surface area contributed by atoms with Gasteiger partial charge in [0.2, 0.25) is 10.0 Å². The molecule has 0 atom stereocenters. The van der Waals surface area contributed by atoms with Crippen LogP contribution in [0.25, 0.3) is 0 Å². The molecule has 3 rings (SSSR count). The number of pyridine rings is 1. The smallest absolute Gasteiger partial charge is 0.240 e. The summed E-state index contributed by atoms with van der Waals surface area (Å²) in [4.78, 5) is 6.70. The Kier molecular flexibility index (Phi) is 7.29. The van der Waals surface area contributed by atoms with Gasteiger partial charge >= 0.3 is 0 Å². The minimum Gasteiger partial charge on any atom is -0.493 e. The molecule has 0 aliphatic carbocycles. The highest BCUT2D eigenvalue weighted by Gasteiger charge is 2.24. The third kappa shape index (κ3) is 5.29. The lowest BCUT2D eigenvalue weighted by Crippen LogP contribution is -2.39. The van der Waals surface area contributed by atoms with E-state index < -0.39 is 10.0 Å². The molecule has 0 bridgehead atoms. The van der Waals surface area contributed by atoms with Crippen molar-refractivity contribution in [2.75, 3.05) is 31.1 Å². The third-order valence-electron chi connectivity index (χ3n) is 5.30. The molecule has 2 heterocycles. The monoisotopic (exact) mass is 428 g/mol. The molecule has 1 aliphatic rings. The number of hydrogen-bond acceptors (Lipinski definition) is 6. The van der Waals surface area contributed by atoms with Crippen molar-refractivity contribution in [1.29, 1.82) is 5.26 Å². The first-order chi connectivity index (χ1) is 14.4. The predicted molar refractivity (Wildman–Crippen MR) is 116 cm³/mol. The van der Waals surface area contributed by atoms with Crippen molar-refractivity contribution in [3.63, 3.8) is 0 Å². The van der Waals surface area contributed by atoms with Crippen LogP contribution in [-0.4, -0.2) is 39.6 Å². The van der Waals surface area contributed by atoms with E-state index in [0.29, 0.717) is 24.5 Å². The zero-order chi connectivity index (χ0) is 21.6. The fourth-order valence-electron chi connectivity index (χ4n) is 3.56. The molecule has 7 nitrogen and oxygen atoms in total. The van der Waals surface area contributed by atoms with Crippen molar-refractivity contribution in [3.05, 3.63) is 47.7 Å². The summed E-state index contributed by atoms with van der Waals surface area (Å²) in [5, 5.41) is 9.26. The number of piperidine rings is 1. The van der Waals surface area contributed by atoms with Crippen LogP contribution in [0.4, 0.5) is 5.82 Å². The summed E-state index contributed by atoms with van der Waals surface area (Å²) in [5.41, 5.74) is 1.38. The second-order valence-corrected chi connectivity index (χ2v) is 9.31. The normalized spacial score (nSPS) is 15.0. The van der Waals surface area contributed by atoms with Gasteiger partial charge in [0.05, 0.1) is 17.1 Å². The van der Waals surface area contributed by atoms with E-state index in [1.54, 1.807) is 36.5 Å². The summed E-state index contributed by atoms with van der Waals surface area (Å²) in [6.07, 6.45) is 4.27. The lowest BCUT2D eigenvalue weighted by Gasteiger charge is -2.33. The maximum Gasteiger partial charge on any atom is 0.240 e. The predicted octanol–water partition coefficient (Wildman–Crippen LogP) is 3.25. The molecule has 0 radical (unpaired) electrons. The number of sulfonamides is 1. The van der Waals surface area contributed by atoms with Crippen LogP contribution in [-0.2, 0) is 10.0 Å². The van der Waals surface area contributed by atoms with E-state index in [4.69, 9.17) is 4.74 Å². The van der Waals surface area contributed by atoms with Crippen molar-refractivity contribution >= 4 is 15.8 Å². The molecule has 1 fully saturated rings. The number of anilines is 1. The Morgan fingerprint density at radius 3 is 2.73 bits per heavy atom. The number of nitrogens with one attached hydrogen (secondary N) is 1. The number of nitriles is 1. The van der Waals surface area contributed by atoms with Crippen LogP contribution in [0.15, 0.2) is 41.4 Å². The van der Waals surface area contributed by atoms with E-state index in [0.717, 1.165) is 43.7 Å². The highest BCUT2D eigenvalue weighted by atomic mass is 32.2. The quantitative estimate of drug-likeness (QED) is 0.693.